The van der Waals surface area contributed by atoms with Gasteiger partial charge in [0.25, 0.3) is 0 Å². The van der Waals surface area contributed by atoms with E-state index < -0.39 is 20.9 Å². The maximum Gasteiger partial charge on any atom is 0.183 e. The van der Waals surface area contributed by atoms with Gasteiger partial charge in [0.1, 0.15) is 5.82 Å². The van der Waals surface area contributed by atoms with E-state index in [1.807, 2.05) is 0 Å². The number of ether oxygens (including phenoxy) is 1. The monoisotopic (exact) mass is 331 g/mol. The molecule has 21 heavy (non-hydrogen) atoms. The molecular formula is C14H18FNO3S2. The fourth-order valence-electron chi connectivity index (χ4n) is 3.05. The molecule has 7 heteroatoms. The number of sulfone groups is 1. The van der Waals surface area contributed by atoms with E-state index in [1.54, 1.807) is 11.8 Å². The highest BCUT2D eigenvalue weighted by Gasteiger charge is 2.45. The molecule has 1 aromatic carbocycles. The van der Waals surface area contributed by atoms with E-state index in [1.165, 1.54) is 12.1 Å². The molecule has 0 saturated carbocycles. The van der Waals surface area contributed by atoms with E-state index in [0.717, 1.165) is 24.0 Å². The van der Waals surface area contributed by atoms with Gasteiger partial charge >= 0.3 is 0 Å². The van der Waals surface area contributed by atoms with E-state index in [2.05, 4.69) is 0 Å². The van der Waals surface area contributed by atoms with Gasteiger partial charge in [0.05, 0.1) is 21.4 Å². The SMILES string of the molecule is Nc1ccc(F)cc1S(=O)(=O)C1CCOC2(CCSC2)C1. The zero-order valence-corrected chi connectivity index (χ0v) is 13.2. The van der Waals surface area contributed by atoms with E-state index in [0.29, 0.717) is 19.4 Å². The van der Waals surface area contributed by atoms with E-state index in [9.17, 15) is 12.8 Å². The fraction of sp³-hybridized carbons (Fsp3) is 0.571. The summed E-state index contributed by atoms with van der Waals surface area (Å²) >= 11 is 1.79. The first-order valence-electron chi connectivity index (χ1n) is 6.94. The lowest BCUT2D eigenvalue weighted by molar-refractivity contribution is -0.0572. The van der Waals surface area contributed by atoms with Crippen LogP contribution in [-0.4, -0.2) is 37.4 Å². The van der Waals surface area contributed by atoms with Crippen molar-refractivity contribution in [2.75, 3.05) is 23.8 Å². The third-order valence-electron chi connectivity index (χ3n) is 4.24. The minimum Gasteiger partial charge on any atom is -0.398 e. The van der Waals surface area contributed by atoms with Gasteiger partial charge in [-0.15, -0.1) is 0 Å². The quantitative estimate of drug-likeness (QED) is 0.842. The van der Waals surface area contributed by atoms with Crippen LogP contribution in [0.25, 0.3) is 0 Å². The number of rotatable bonds is 2. The van der Waals surface area contributed by atoms with Crippen molar-refractivity contribution in [3.63, 3.8) is 0 Å². The molecule has 2 fully saturated rings. The van der Waals surface area contributed by atoms with Crippen molar-refractivity contribution in [1.29, 1.82) is 0 Å². The Balaban J connectivity index is 1.92. The Morgan fingerprint density at radius 1 is 1.43 bits per heavy atom. The fourth-order valence-corrected chi connectivity index (χ4v) is 6.39. The number of nitrogens with two attached hydrogens (primary N) is 1. The van der Waals surface area contributed by atoms with Crippen LogP contribution in [0, 0.1) is 5.82 Å². The third-order valence-corrected chi connectivity index (χ3v) is 7.71. The van der Waals surface area contributed by atoms with Crippen LogP contribution in [0.1, 0.15) is 19.3 Å². The lowest BCUT2D eigenvalue weighted by Gasteiger charge is -2.37. The topological polar surface area (TPSA) is 69.4 Å². The average molecular weight is 331 g/mol. The standard InChI is InChI=1S/C14H18FNO3S2/c15-10-1-2-12(16)13(7-10)21(17,18)11-3-5-19-14(8-11)4-6-20-9-14/h1-2,7,11H,3-6,8-9,16H2. The second-order valence-corrected chi connectivity index (χ2v) is 8.98. The molecule has 1 spiro atoms. The summed E-state index contributed by atoms with van der Waals surface area (Å²) in [4.78, 5) is -0.0878. The Bertz CT molecular complexity index is 642. The summed E-state index contributed by atoms with van der Waals surface area (Å²) in [7, 11) is -3.63. The number of benzene rings is 1. The van der Waals surface area contributed by atoms with Crippen molar-refractivity contribution in [2.45, 2.75) is 35.0 Å². The van der Waals surface area contributed by atoms with Gasteiger partial charge in [0.15, 0.2) is 9.84 Å². The molecule has 2 N–H and O–H groups in total. The summed E-state index contributed by atoms with van der Waals surface area (Å²) < 4.78 is 44.8. The minimum absolute atomic E-state index is 0.0878. The normalized spacial score (nSPS) is 29.9. The zero-order chi connectivity index (χ0) is 15.1. The summed E-state index contributed by atoms with van der Waals surface area (Å²) in [6.45, 7) is 0.430. The van der Waals surface area contributed by atoms with Gasteiger partial charge in [-0.1, -0.05) is 0 Å². The van der Waals surface area contributed by atoms with Crippen LogP contribution in [0.15, 0.2) is 23.1 Å². The summed E-state index contributed by atoms with van der Waals surface area (Å²) in [5, 5.41) is -0.547. The zero-order valence-electron chi connectivity index (χ0n) is 11.5. The van der Waals surface area contributed by atoms with Crippen LogP contribution in [0.2, 0.25) is 0 Å². The number of halogens is 1. The largest absolute Gasteiger partial charge is 0.398 e. The molecule has 2 heterocycles. The molecular weight excluding hydrogens is 313 g/mol. The van der Waals surface area contributed by atoms with Crippen molar-refractivity contribution in [3.05, 3.63) is 24.0 Å². The van der Waals surface area contributed by atoms with Gasteiger partial charge in [0, 0.05) is 12.4 Å². The minimum atomic E-state index is -3.63. The molecule has 1 aromatic rings. The summed E-state index contributed by atoms with van der Waals surface area (Å²) in [5.74, 6) is 1.24. The Hall–Kier alpha value is -0.790. The number of hydrogen-bond acceptors (Lipinski definition) is 5. The van der Waals surface area contributed by atoms with Gasteiger partial charge in [-0.25, -0.2) is 12.8 Å². The lowest BCUT2D eigenvalue weighted by Crippen LogP contribution is -2.44. The van der Waals surface area contributed by atoms with E-state index >= 15 is 0 Å². The van der Waals surface area contributed by atoms with E-state index in [4.69, 9.17) is 10.5 Å². The van der Waals surface area contributed by atoms with Gasteiger partial charge in [-0.3, -0.25) is 0 Å². The van der Waals surface area contributed by atoms with Crippen LogP contribution >= 0.6 is 11.8 Å². The molecule has 0 bridgehead atoms. The molecule has 0 radical (unpaired) electrons. The highest BCUT2D eigenvalue weighted by atomic mass is 32.2. The third kappa shape index (κ3) is 2.78. The number of thioether (sulfide) groups is 1. The van der Waals surface area contributed by atoms with Gasteiger partial charge in [-0.05, 0) is 43.2 Å². The molecule has 2 saturated heterocycles. The van der Waals surface area contributed by atoms with Crippen molar-refractivity contribution >= 4 is 27.3 Å². The van der Waals surface area contributed by atoms with Crippen LogP contribution in [0.5, 0.6) is 0 Å². The smallest absolute Gasteiger partial charge is 0.183 e. The molecule has 2 aliphatic rings. The maximum absolute atomic E-state index is 13.4. The van der Waals surface area contributed by atoms with Crippen LogP contribution in [0.3, 0.4) is 0 Å². The second kappa shape index (κ2) is 5.44. The molecule has 2 atom stereocenters. The Kier molecular flexibility index (Phi) is 3.92. The summed E-state index contributed by atoms with van der Waals surface area (Å²) in [6, 6.07) is 3.51. The maximum atomic E-state index is 13.4. The number of nitrogen functional groups attached to an aromatic ring is 1. The molecule has 3 rings (SSSR count). The highest BCUT2D eigenvalue weighted by Crippen LogP contribution is 2.41. The average Bonchev–Trinajstić information content (AvgIpc) is 2.89. The molecule has 0 aliphatic carbocycles. The summed E-state index contributed by atoms with van der Waals surface area (Å²) in [5.41, 5.74) is 5.52. The van der Waals surface area contributed by atoms with Crippen molar-refractivity contribution < 1.29 is 17.5 Å². The lowest BCUT2D eigenvalue weighted by atomic mass is 9.93. The predicted molar refractivity (Wildman–Crippen MR) is 81.6 cm³/mol. The molecule has 116 valence electrons. The molecule has 0 amide bonds. The van der Waals surface area contributed by atoms with Gasteiger partial charge in [0.2, 0.25) is 0 Å². The van der Waals surface area contributed by atoms with Gasteiger partial charge < -0.3 is 10.5 Å². The molecule has 4 nitrogen and oxygen atoms in total. The first kappa shape index (κ1) is 15.1. The highest BCUT2D eigenvalue weighted by molar-refractivity contribution is 7.99. The summed E-state index contributed by atoms with van der Waals surface area (Å²) in [6.07, 6.45) is 1.78. The first-order chi connectivity index (χ1) is 9.93. The molecule has 2 unspecified atom stereocenters. The Morgan fingerprint density at radius 3 is 2.95 bits per heavy atom. The molecule has 0 aromatic heterocycles. The van der Waals surface area contributed by atoms with Crippen molar-refractivity contribution in [2.24, 2.45) is 0 Å². The second-order valence-electron chi connectivity index (χ2n) is 5.68. The predicted octanol–water partition coefficient (Wildman–Crippen LogP) is 2.24. The van der Waals surface area contributed by atoms with E-state index in [-0.39, 0.29) is 16.2 Å². The van der Waals surface area contributed by atoms with Gasteiger partial charge in [-0.2, -0.15) is 11.8 Å². The van der Waals surface area contributed by atoms with Crippen molar-refractivity contribution in [1.82, 2.24) is 0 Å². The Labute approximate surface area is 128 Å². The van der Waals surface area contributed by atoms with Crippen LogP contribution in [-0.2, 0) is 14.6 Å². The Morgan fingerprint density at radius 2 is 2.24 bits per heavy atom. The first-order valence-corrected chi connectivity index (χ1v) is 9.64. The van der Waals surface area contributed by atoms with Crippen LogP contribution < -0.4 is 5.73 Å². The van der Waals surface area contributed by atoms with Crippen molar-refractivity contribution in [3.8, 4) is 0 Å². The number of anilines is 1. The number of hydrogen-bond donors (Lipinski definition) is 1. The molecule has 2 aliphatic heterocycles. The van der Waals surface area contributed by atoms with Crippen LogP contribution in [0.4, 0.5) is 10.1 Å².